The van der Waals surface area contributed by atoms with Crippen LogP contribution in [0.25, 0.3) is 11.1 Å². The average molecular weight is 475 g/mol. The first-order valence-corrected chi connectivity index (χ1v) is 8.91. The Morgan fingerprint density at radius 1 is 1.00 bits per heavy atom. The quantitative estimate of drug-likeness (QED) is 0.559. The molecule has 0 radical (unpaired) electrons. The van der Waals surface area contributed by atoms with Gasteiger partial charge in [0.15, 0.2) is 0 Å². The van der Waals surface area contributed by atoms with Crippen LogP contribution in [-0.2, 0) is 26.2 Å². The summed E-state index contributed by atoms with van der Waals surface area (Å²) in [6, 6.07) is 17.9. The van der Waals surface area contributed by atoms with Crippen LogP contribution < -0.4 is 24.8 Å². The minimum absolute atomic E-state index is 0. The molecule has 0 N–H and O–H groups in total. The summed E-state index contributed by atoms with van der Waals surface area (Å²) in [6.45, 7) is 6.43. The molecular weight excluding hydrogens is 450 g/mol. The monoisotopic (exact) mass is 472 g/mol. The molecule has 0 aliphatic heterocycles. The Morgan fingerprint density at radius 3 is 2.04 bits per heavy atom. The molecule has 0 amide bonds. The molecule has 0 saturated carbocycles. The summed E-state index contributed by atoms with van der Waals surface area (Å²) in [5.41, 5.74) is 7.47. The van der Waals surface area contributed by atoms with Crippen molar-refractivity contribution in [1.82, 2.24) is 0 Å². The predicted molar refractivity (Wildman–Crippen MR) is 103 cm³/mol. The molecule has 0 fully saturated rings. The molecule has 0 spiro atoms. The zero-order valence-corrected chi connectivity index (χ0v) is 19.6. The first kappa shape index (κ1) is 24.2. The Hall–Kier alpha value is -0.877. The summed E-state index contributed by atoms with van der Waals surface area (Å²) in [5.74, 6) is 0.427. The van der Waals surface area contributed by atoms with Gasteiger partial charge >= 0.3 is 26.2 Å². The maximum atomic E-state index is 3.97. The minimum Gasteiger partial charge on any atom is -1.00 e. The van der Waals surface area contributed by atoms with Gasteiger partial charge in [-0.1, -0.05) is 85.3 Å². The third kappa shape index (κ3) is 4.12. The van der Waals surface area contributed by atoms with E-state index in [0.717, 1.165) is 19.3 Å². The maximum Gasteiger partial charge on any atom is 2.00 e. The molecule has 0 aromatic heterocycles. The van der Waals surface area contributed by atoms with Crippen molar-refractivity contribution in [3.05, 3.63) is 96.1 Å². The molecule has 2 aromatic rings. The minimum atomic E-state index is 0. The Labute approximate surface area is 194 Å². The second-order valence-electron chi connectivity index (χ2n) is 7.18. The fraction of sp³-hybridized carbons (Fsp3) is 0.250. The standard InChI is InChI=1S/C24H24.2ClH.Zr/c1-3-4-17-24(2,18-11-5-6-12-18)23-21-15-9-7-13-19(21)20-14-8-10-16-22(20)23;;;/h3,5-11,13-16,23H,1,4,12,17H2,2H3;2*1H;/q;;;+2/p-2. The van der Waals surface area contributed by atoms with Crippen molar-refractivity contribution in [2.45, 2.75) is 32.1 Å². The van der Waals surface area contributed by atoms with E-state index in [0.29, 0.717) is 5.92 Å². The molecule has 4 rings (SSSR count). The molecule has 2 aliphatic carbocycles. The molecule has 138 valence electrons. The third-order valence-corrected chi connectivity index (χ3v) is 5.84. The molecule has 0 nitrogen and oxygen atoms in total. The van der Waals surface area contributed by atoms with E-state index < -0.39 is 0 Å². The Balaban J connectivity index is 0.00000121. The van der Waals surface area contributed by atoms with Crippen LogP contribution in [0.2, 0.25) is 0 Å². The second kappa shape index (κ2) is 10.1. The molecular formula is C24H24Cl2Zr. The Bertz CT molecular complexity index is 807. The predicted octanol–water partition coefficient (Wildman–Crippen LogP) is 0.663. The molecule has 0 saturated heterocycles. The molecule has 1 unspecified atom stereocenters. The van der Waals surface area contributed by atoms with Crippen molar-refractivity contribution >= 4 is 0 Å². The van der Waals surface area contributed by atoms with Gasteiger partial charge in [-0.15, -0.1) is 6.58 Å². The van der Waals surface area contributed by atoms with Crippen LogP contribution in [0.3, 0.4) is 0 Å². The molecule has 2 aromatic carbocycles. The molecule has 27 heavy (non-hydrogen) atoms. The van der Waals surface area contributed by atoms with Crippen LogP contribution >= 0.6 is 0 Å². The number of rotatable bonds is 5. The van der Waals surface area contributed by atoms with Crippen LogP contribution in [-0.4, -0.2) is 0 Å². The Kier molecular flexibility index (Phi) is 9.00. The van der Waals surface area contributed by atoms with Gasteiger partial charge < -0.3 is 24.8 Å². The van der Waals surface area contributed by atoms with E-state index in [1.165, 1.54) is 22.3 Å². The van der Waals surface area contributed by atoms with Gasteiger partial charge in [0.25, 0.3) is 0 Å². The van der Waals surface area contributed by atoms with Gasteiger partial charge in [0.1, 0.15) is 0 Å². The van der Waals surface area contributed by atoms with Crippen LogP contribution in [0.4, 0.5) is 0 Å². The molecule has 0 heterocycles. The largest absolute Gasteiger partial charge is 2.00 e. The summed E-state index contributed by atoms with van der Waals surface area (Å²) in [6.07, 6.45) is 12.2. The first-order valence-electron chi connectivity index (χ1n) is 8.91. The van der Waals surface area contributed by atoms with E-state index in [1.807, 2.05) is 0 Å². The molecule has 2 aliphatic rings. The van der Waals surface area contributed by atoms with Crippen molar-refractivity contribution in [2.75, 3.05) is 0 Å². The SMILES string of the molecule is C=CCCC(C)(C1=CC=CC1)C1c2ccccc2-c2ccccc21.[Cl-].[Cl-].[Zr+2]. The van der Waals surface area contributed by atoms with E-state index in [4.69, 9.17) is 0 Å². The van der Waals surface area contributed by atoms with E-state index in [2.05, 4.69) is 86.3 Å². The van der Waals surface area contributed by atoms with Crippen LogP contribution in [0.5, 0.6) is 0 Å². The normalized spacial score (nSPS) is 16.0. The smallest absolute Gasteiger partial charge is 1.00 e. The Morgan fingerprint density at radius 2 is 1.56 bits per heavy atom. The molecule has 0 bridgehead atoms. The number of benzene rings is 2. The van der Waals surface area contributed by atoms with Gasteiger partial charge in [0, 0.05) is 11.3 Å². The van der Waals surface area contributed by atoms with Gasteiger partial charge in [-0.3, -0.25) is 0 Å². The van der Waals surface area contributed by atoms with Crippen LogP contribution in [0.1, 0.15) is 43.2 Å². The fourth-order valence-electron chi connectivity index (χ4n) is 4.60. The summed E-state index contributed by atoms with van der Waals surface area (Å²) in [5, 5.41) is 0. The fourth-order valence-corrected chi connectivity index (χ4v) is 4.60. The summed E-state index contributed by atoms with van der Waals surface area (Å²) in [4.78, 5) is 0. The maximum absolute atomic E-state index is 3.97. The van der Waals surface area contributed by atoms with Gasteiger partial charge in [0.2, 0.25) is 0 Å². The molecule has 3 heteroatoms. The number of hydrogen-bond donors (Lipinski definition) is 0. The van der Waals surface area contributed by atoms with Crippen molar-refractivity contribution in [2.24, 2.45) is 5.41 Å². The van der Waals surface area contributed by atoms with Crippen molar-refractivity contribution in [3.8, 4) is 11.1 Å². The second-order valence-corrected chi connectivity index (χ2v) is 7.18. The first-order chi connectivity index (χ1) is 11.8. The average Bonchev–Trinajstić information content (AvgIpc) is 3.26. The van der Waals surface area contributed by atoms with E-state index >= 15 is 0 Å². The third-order valence-electron chi connectivity index (χ3n) is 5.84. The van der Waals surface area contributed by atoms with Gasteiger partial charge in [-0.2, -0.15) is 0 Å². The van der Waals surface area contributed by atoms with E-state index in [1.54, 1.807) is 5.57 Å². The van der Waals surface area contributed by atoms with Crippen molar-refractivity contribution < 1.29 is 51.0 Å². The topological polar surface area (TPSA) is 0 Å². The number of hydrogen-bond acceptors (Lipinski definition) is 0. The summed E-state index contributed by atoms with van der Waals surface area (Å²) >= 11 is 0. The zero-order chi connectivity index (χ0) is 16.6. The summed E-state index contributed by atoms with van der Waals surface area (Å²) in [7, 11) is 0. The van der Waals surface area contributed by atoms with Crippen LogP contribution in [0, 0.1) is 5.41 Å². The van der Waals surface area contributed by atoms with Gasteiger partial charge in [-0.05, 0) is 41.5 Å². The van der Waals surface area contributed by atoms with Gasteiger partial charge in [-0.25, -0.2) is 0 Å². The summed E-state index contributed by atoms with van der Waals surface area (Å²) < 4.78 is 0. The zero-order valence-electron chi connectivity index (χ0n) is 15.6. The van der Waals surface area contributed by atoms with Crippen molar-refractivity contribution in [3.63, 3.8) is 0 Å². The number of halogens is 2. The van der Waals surface area contributed by atoms with E-state index in [9.17, 15) is 0 Å². The number of fused-ring (bicyclic) bond motifs is 3. The van der Waals surface area contributed by atoms with Crippen molar-refractivity contribution in [1.29, 1.82) is 0 Å². The molecule has 1 atom stereocenters. The van der Waals surface area contributed by atoms with Crippen LogP contribution in [0.15, 0.2) is 85.0 Å². The van der Waals surface area contributed by atoms with Gasteiger partial charge in [0.05, 0.1) is 0 Å². The van der Waals surface area contributed by atoms with E-state index in [-0.39, 0.29) is 56.4 Å². The number of allylic oxidation sites excluding steroid dienone is 5.